The van der Waals surface area contributed by atoms with Crippen molar-refractivity contribution in [1.29, 1.82) is 0 Å². The van der Waals surface area contributed by atoms with E-state index >= 15 is 0 Å². The van der Waals surface area contributed by atoms with E-state index in [1.54, 1.807) is 0 Å². The highest BCUT2D eigenvalue weighted by Crippen LogP contribution is 2.33. The van der Waals surface area contributed by atoms with Gasteiger partial charge in [0.25, 0.3) is 0 Å². The molecule has 1 nitrogen and oxygen atoms in total. The quantitative estimate of drug-likeness (QED) is 0.891. The van der Waals surface area contributed by atoms with Gasteiger partial charge in [0, 0.05) is 11.1 Å². The van der Waals surface area contributed by atoms with Crippen molar-refractivity contribution in [3.8, 4) is 0 Å². The summed E-state index contributed by atoms with van der Waals surface area (Å²) in [5.74, 6) is 1.20. The second-order valence-corrected chi connectivity index (χ2v) is 5.74. The molecule has 1 saturated carbocycles. The summed E-state index contributed by atoms with van der Waals surface area (Å²) in [5.41, 5.74) is 1.33. The molecular formula is C14H19BrO. The Morgan fingerprint density at radius 1 is 1.31 bits per heavy atom. The maximum Gasteiger partial charge on any atom is 0.0465 e. The fraction of sp³-hybridized carbons (Fsp3) is 0.571. The van der Waals surface area contributed by atoms with Crippen molar-refractivity contribution in [3.05, 3.63) is 34.3 Å². The molecule has 0 bridgehead atoms. The van der Waals surface area contributed by atoms with Gasteiger partial charge in [0.15, 0.2) is 0 Å². The zero-order valence-corrected chi connectivity index (χ0v) is 11.1. The van der Waals surface area contributed by atoms with Crippen LogP contribution in [0, 0.1) is 11.8 Å². The van der Waals surface area contributed by atoms with Gasteiger partial charge in [-0.2, -0.15) is 0 Å². The second kappa shape index (κ2) is 5.83. The highest BCUT2D eigenvalue weighted by Gasteiger charge is 2.24. The van der Waals surface area contributed by atoms with Gasteiger partial charge in [-0.25, -0.2) is 0 Å². The van der Waals surface area contributed by atoms with E-state index in [-0.39, 0.29) is 0 Å². The molecule has 1 aromatic rings. The predicted octanol–water partition coefficient (Wildman–Crippen LogP) is 3.79. The number of halogens is 1. The Labute approximate surface area is 106 Å². The van der Waals surface area contributed by atoms with Gasteiger partial charge >= 0.3 is 0 Å². The van der Waals surface area contributed by atoms with Crippen LogP contribution < -0.4 is 0 Å². The van der Waals surface area contributed by atoms with Gasteiger partial charge in [-0.1, -0.05) is 53.7 Å². The predicted molar refractivity (Wildman–Crippen MR) is 70.4 cm³/mol. The minimum Gasteiger partial charge on any atom is -0.396 e. The van der Waals surface area contributed by atoms with Crippen LogP contribution in [0.2, 0.25) is 0 Å². The molecule has 0 saturated heterocycles. The van der Waals surface area contributed by atoms with Gasteiger partial charge in [-0.3, -0.25) is 0 Å². The van der Waals surface area contributed by atoms with Gasteiger partial charge in [-0.05, 0) is 36.0 Å². The molecule has 1 aliphatic rings. The third-order valence-corrected chi connectivity index (χ3v) is 4.18. The number of hydrogen-bond acceptors (Lipinski definition) is 1. The fourth-order valence-electron chi connectivity index (χ4n) is 2.78. The van der Waals surface area contributed by atoms with Crippen molar-refractivity contribution >= 4 is 15.9 Å². The van der Waals surface area contributed by atoms with Crippen LogP contribution in [0.4, 0.5) is 0 Å². The first-order chi connectivity index (χ1) is 7.79. The largest absolute Gasteiger partial charge is 0.396 e. The molecule has 2 rings (SSSR count). The van der Waals surface area contributed by atoms with Crippen LogP contribution in [-0.4, -0.2) is 11.7 Å². The molecule has 1 aromatic carbocycles. The lowest BCUT2D eigenvalue weighted by atomic mass is 9.86. The van der Waals surface area contributed by atoms with E-state index in [0.29, 0.717) is 12.5 Å². The fourth-order valence-corrected chi connectivity index (χ4v) is 3.22. The number of aliphatic hydroxyl groups is 1. The van der Waals surface area contributed by atoms with E-state index in [9.17, 15) is 5.11 Å². The summed E-state index contributed by atoms with van der Waals surface area (Å²) in [5, 5.41) is 9.51. The Morgan fingerprint density at radius 3 is 2.69 bits per heavy atom. The molecule has 1 fully saturated rings. The van der Waals surface area contributed by atoms with Crippen LogP contribution in [0.1, 0.15) is 31.2 Å². The lowest BCUT2D eigenvalue weighted by Crippen LogP contribution is -2.18. The summed E-state index contributed by atoms with van der Waals surface area (Å²) >= 11 is 3.50. The molecule has 0 aliphatic heterocycles. The highest BCUT2D eigenvalue weighted by atomic mass is 79.9. The lowest BCUT2D eigenvalue weighted by molar-refractivity contribution is 0.175. The van der Waals surface area contributed by atoms with Crippen LogP contribution >= 0.6 is 15.9 Å². The Balaban J connectivity index is 2.00. The summed E-state index contributed by atoms with van der Waals surface area (Å²) < 4.78 is 1.13. The molecule has 1 aliphatic carbocycles. The molecule has 0 aromatic heterocycles. The number of hydrogen-bond donors (Lipinski definition) is 1. The van der Waals surface area contributed by atoms with E-state index in [1.165, 1.54) is 31.2 Å². The zero-order valence-electron chi connectivity index (χ0n) is 9.53. The summed E-state index contributed by atoms with van der Waals surface area (Å²) in [6.07, 6.45) is 6.32. The van der Waals surface area contributed by atoms with Crippen LogP contribution in [0.5, 0.6) is 0 Å². The SMILES string of the molecule is OCC(Cc1cccc(Br)c1)C1CCCC1. The highest BCUT2D eigenvalue weighted by molar-refractivity contribution is 9.10. The minimum atomic E-state index is 0.331. The first-order valence-electron chi connectivity index (χ1n) is 6.15. The molecule has 0 spiro atoms. The first kappa shape index (κ1) is 12.1. The van der Waals surface area contributed by atoms with Crippen molar-refractivity contribution in [2.45, 2.75) is 32.1 Å². The molecule has 0 radical (unpaired) electrons. The van der Waals surface area contributed by atoms with E-state index in [4.69, 9.17) is 0 Å². The van der Waals surface area contributed by atoms with E-state index < -0.39 is 0 Å². The van der Waals surface area contributed by atoms with Crippen molar-refractivity contribution in [1.82, 2.24) is 0 Å². The smallest absolute Gasteiger partial charge is 0.0465 e. The number of rotatable bonds is 4. The van der Waals surface area contributed by atoms with E-state index in [2.05, 4.69) is 34.1 Å². The van der Waals surface area contributed by atoms with Gasteiger partial charge in [0.1, 0.15) is 0 Å². The zero-order chi connectivity index (χ0) is 11.4. The van der Waals surface area contributed by atoms with E-state index in [1.807, 2.05) is 6.07 Å². The lowest BCUT2D eigenvalue weighted by Gasteiger charge is -2.21. The van der Waals surface area contributed by atoms with Crippen LogP contribution in [0.3, 0.4) is 0 Å². The molecule has 16 heavy (non-hydrogen) atoms. The average Bonchev–Trinajstić information content (AvgIpc) is 2.79. The molecule has 0 heterocycles. The first-order valence-corrected chi connectivity index (χ1v) is 6.94. The molecule has 1 atom stereocenters. The Bertz CT molecular complexity index is 331. The van der Waals surface area contributed by atoms with Crippen molar-refractivity contribution in [3.63, 3.8) is 0 Å². The standard InChI is InChI=1S/C14H19BrO/c15-14-7-3-4-11(9-14)8-13(10-16)12-5-1-2-6-12/h3-4,7,9,12-13,16H,1-2,5-6,8,10H2. The minimum absolute atomic E-state index is 0.331. The number of benzene rings is 1. The Hall–Kier alpha value is -0.340. The van der Waals surface area contributed by atoms with Crippen LogP contribution in [0.15, 0.2) is 28.7 Å². The van der Waals surface area contributed by atoms with Crippen molar-refractivity contribution in [2.24, 2.45) is 11.8 Å². The Kier molecular flexibility index (Phi) is 4.42. The number of aliphatic hydroxyl groups excluding tert-OH is 1. The van der Waals surface area contributed by atoms with Gasteiger partial charge < -0.3 is 5.11 Å². The average molecular weight is 283 g/mol. The molecule has 1 unspecified atom stereocenters. The summed E-state index contributed by atoms with van der Waals surface area (Å²) in [7, 11) is 0. The van der Waals surface area contributed by atoms with Gasteiger partial charge in [0.05, 0.1) is 0 Å². The summed E-state index contributed by atoms with van der Waals surface area (Å²) in [6.45, 7) is 0.331. The second-order valence-electron chi connectivity index (χ2n) is 4.82. The van der Waals surface area contributed by atoms with Crippen LogP contribution in [-0.2, 0) is 6.42 Å². The van der Waals surface area contributed by atoms with Crippen molar-refractivity contribution < 1.29 is 5.11 Å². The summed E-state index contributed by atoms with van der Waals surface area (Å²) in [4.78, 5) is 0. The molecule has 88 valence electrons. The monoisotopic (exact) mass is 282 g/mol. The molecule has 0 amide bonds. The van der Waals surface area contributed by atoms with Crippen molar-refractivity contribution in [2.75, 3.05) is 6.61 Å². The third kappa shape index (κ3) is 3.08. The maximum atomic E-state index is 9.51. The van der Waals surface area contributed by atoms with E-state index in [0.717, 1.165) is 16.8 Å². The van der Waals surface area contributed by atoms with Crippen LogP contribution in [0.25, 0.3) is 0 Å². The normalized spacial score (nSPS) is 18.9. The molecule has 1 N–H and O–H groups in total. The summed E-state index contributed by atoms with van der Waals surface area (Å²) in [6, 6.07) is 8.44. The Morgan fingerprint density at radius 2 is 2.06 bits per heavy atom. The topological polar surface area (TPSA) is 20.2 Å². The third-order valence-electron chi connectivity index (χ3n) is 3.69. The molecular weight excluding hydrogens is 264 g/mol. The van der Waals surface area contributed by atoms with Gasteiger partial charge in [0.2, 0.25) is 0 Å². The molecule has 2 heteroatoms. The maximum absolute atomic E-state index is 9.51. The van der Waals surface area contributed by atoms with Gasteiger partial charge in [-0.15, -0.1) is 0 Å².